The molecule has 148 valence electrons. The van der Waals surface area contributed by atoms with Gasteiger partial charge in [0.2, 0.25) is 0 Å². The fourth-order valence-corrected chi connectivity index (χ4v) is 3.34. The van der Waals surface area contributed by atoms with E-state index in [1.165, 1.54) is 41.5 Å². The summed E-state index contributed by atoms with van der Waals surface area (Å²) in [7, 11) is 0. The van der Waals surface area contributed by atoms with Crippen LogP contribution in [0.1, 0.15) is 28.6 Å². The van der Waals surface area contributed by atoms with Crippen LogP contribution in [-0.2, 0) is 4.74 Å². The van der Waals surface area contributed by atoms with Crippen LogP contribution in [0.5, 0.6) is 0 Å². The number of ether oxygens (including phenoxy) is 1. The molecule has 0 bridgehead atoms. The van der Waals surface area contributed by atoms with Gasteiger partial charge in [0, 0.05) is 23.2 Å². The molecule has 2 heterocycles. The van der Waals surface area contributed by atoms with Gasteiger partial charge in [-0.2, -0.15) is 4.57 Å². The molecule has 1 fully saturated rings. The summed E-state index contributed by atoms with van der Waals surface area (Å²) in [6, 6.07) is 5.77. The molecule has 0 aliphatic carbocycles. The molecule has 2 N–H and O–H groups in total. The minimum atomic E-state index is -0.982. The molecule has 0 spiro atoms. The molecule has 1 aromatic carbocycles. The molecule has 3 atom stereocenters. The molecule has 3 rings (SSSR count). The number of rotatable bonds is 4. The highest BCUT2D eigenvalue weighted by Crippen LogP contribution is 2.27. The van der Waals surface area contributed by atoms with E-state index in [-0.39, 0.29) is 17.5 Å². The van der Waals surface area contributed by atoms with Gasteiger partial charge < -0.3 is 14.9 Å². The molecule has 1 aliphatic rings. The Labute approximate surface area is 172 Å². The van der Waals surface area contributed by atoms with Crippen molar-refractivity contribution in [2.24, 2.45) is 0 Å². The van der Waals surface area contributed by atoms with E-state index in [1.807, 2.05) is 0 Å². The Morgan fingerprint density at radius 1 is 1.32 bits per heavy atom. The van der Waals surface area contributed by atoms with E-state index in [9.17, 15) is 24.6 Å². The maximum Gasteiger partial charge on any atom is 0.340 e. The van der Waals surface area contributed by atoms with Crippen LogP contribution in [0, 0.1) is 0 Å². The van der Waals surface area contributed by atoms with Crippen LogP contribution in [0.2, 0.25) is 5.02 Å². The van der Waals surface area contributed by atoms with Crippen molar-refractivity contribution in [2.75, 3.05) is 6.61 Å². The molecule has 0 saturated carbocycles. The van der Waals surface area contributed by atoms with Crippen LogP contribution >= 0.6 is 27.5 Å². The molecule has 0 amide bonds. The predicted molar refractivity (Wildman–Crippen MR) is 106 cm³/mol. The molecule has 8 nitrogen and oxygen atoms in total. The number of hydrogen-bond acceptors (Lipinski definition) is 6. The highest BCUT2D eigenvalue weighted by molar-refractivity contribution is 9.11. The number of carbonyl (C=O) groups excluding carboxylic acids is 1. The number of halogens is 2. The van der Waals surface area contributed by atoms with Crippen molar-refractivity contribution in [2.45, 2.75) is 24.9 Å². The maximum absolute atomic E-state index is 12.9. The first-order valence-corrected chi connectivity index (χ1v) is 9.56. The molecule has 1 unspecified atom stereocenters. The second kappa shape index (κ2) is 8.54. The number of nitrogens with zero attached hydrogens (tertiary/aromatic N) is 2. The van der Waals surface area contributed by atoms with Gasteiger partial charge in [-0.1, -0.05) is 27.5 Å². The average molecular weight is 472 g/mol. The molecular formula is C18H16BrClN2O6. The van der Waals surface area contributed by atoms with Crippen molar-refractivity contribution in [3.63, 3.8) is 0 Å². The van der Waals surface area contributed by atoms with E-state index in [0.29, 0.717) is 9.59 Å². The highest BCUT2D eigenvalue weighted by Gasteiger charge is 2.36. The Kier molecular flexibility index (Phi) is 6.31. The van der Waals surface area contributed by atoms with Crippen molar-refractivity contribution in [3.05, 3.63) is 72.4 Å². The lowest BCUT2D eigenvalue weighted by Gasteiger charge is -2.17. The highest BCUT2D eigenvalue weighted by atomic mass is 79.9. The summed E-state index contributed by atoms with van der Waals surface area (Å²) in [5.74, 6) is -0.817. The predicted octanol–water partition coefficient (Wildman–Crippen LogP) is 1.36. The molecule has 1 aliphatic heterocycles. The van der Waals surface area contributed by atoms with Gasteiger partial charge in [0.05, 0.1) is 18.3 Å². The van der Waals surface area contributed by atoms with Crippen molar-refractivity contribution in [1.29, 1.82) is 0 Å². The number of benzene rings is 1. The van der Waals surface area contributed by atoms with E-state index in [2.05, 4.69) is 15.9 Å². The lowest BCUT2D eigenvalue weighted by Crippen LogP contribution is -2.45. The van der Waals surface area contributed by atoms with Gasteiger partial charge in [-0.3, -0.25) is 14.2 Å². The van der Waals surface area contributed by atoms with Crippen LogP contribution in [0.3, 0.4) is 0 Å². The van der Waals surface area contributed by atoms with E-state index in [1.54, 1.807) is 0 Å². The fourth-order valence-electron chi connectivity index (χ4n) is 2.93. The van der Waals surface area contributed by atoms with Crippen molar-refractivity contribution >= 4 is 39.5 Å². The molecule has 1 aromatic heterocycles. The zero-order valence-corrected chi connectivity index (χ0v) is 16.7. The Balaban J connectivity index is 2.15. The third-order valence-corrected chi connectivity index (χ3v) is 4.89. The first-order valence-electron chi connectivity index (χ1n) is 8.27. The van der Waals surface area contributed by atoms with Gasteiger partial charge in [0.25, 0.3) is 11.5 Å². The van der Waals surface area contributed by atoms with E-state index in [4.69, 9.17) is 16.3 Å². The zero-order valence-electron chi connectivity index (χ0n) is 14.4. The SMILES string of the molecule is O=C(c1ccc(Cl)cc1)n1c(=O)c(C=CBr)cn([C@@H]2CC(O)[C@H](CO)O2)c1=O. The number of carbonyl (C=O) groups is 1. The van der Waals surface area contributed by atoms with Crippen molar-refractivity contribution in [1.82, 2.24) is 9.13 Å². The molecule has 28 heavy (non-hydrogen) atoms. The number of aliphatic hydroxyl groups is 2. The van der Waals surface area contributed by atoms with Crippen LogP contribution in [0.4, 0.5) is 0 Å². The Morgan fingerprint density at radius 2 is 2.00 bits per heavy atom. The minimum Gasteiger partial charge on any atom is -0.394 e. The van der Waals surface area contributed by atoms with Crippen LogP contribution in [0.25, 0.3) is 6.08 Å². The first-order chi connectivity index (χ1) is 13.4. The Hall–Kier alpha value is -2.04. The largest absolute Gasteiger partial charge is 0.394 e. The van der Waals surface area contributed by atoms with Crippen molar-refractivity contribution < 1.29 is 19.7 Å². The van der Waals surface area contributed by atoms with Crippen LogP contribution in [-0.4, -0.2) is 44.1 Å². The normalized spacial score (nSPS) is 22.1. The lowest BCUT2D eigenvalue weighted by atomic mass is 10.2. The van der Waals surface area contributed by atoms with Gasteiger partial charge in [-0.25, -0.2) is 4.79 Å². The summed E-state index contributed by atoms with van der Waals surface area (Å²) in [4.78, 5) is 39.9. The number of aliphatic hydroxyl groups excluding tert-OH is 2. The topological polar surface area (TPSA) is 111 Å². The molecule has 2 aromatic rings. The first kappa shape index (κ1) is 20.7. The summed E-state index contributed by atoms with van der Waals surface area (Å²) in [5.41, 5.74) is -1.54. The van der Waals surface area contributed by atoms with Crippen LogP contribution < -0.4 is 11.2 Å². The monoisotopic (exact) mass is 470 g/mol. The average Bonchev–Trinajstić information content (AvgIpc) is 3.05. The summed E-state index contributed by atoms with van der Waals surface area (Å²) in [5, 5.41) is 19.6. The van der Waals surface area contributed by atoms with Gasteiger partial charge >= 0.3 is 5.69 Å². The summed E-state index contributed by atoms with van der Waals surface area (Å²) < 4.78 is 7.08. The minimum absolute atomic E-state index is 0.0237. The summed E-state index contributed by atoms with van der Waals surface area (Å²) in [6.45, 7) is -0.427. The third-order valence-electron chi connectivity index (χ3n) is 4.37. The van der Waals surface area contributed by atoms with E-state index >= 15 is 0 Å². The lowest BCUT2D eigenvalue weighted by molar-refractivity contribution is -0.0462. The molecule has 10 heteroatoms. The summed E-state index contributed by atoms with van der Waals surface area (Å²) >= 11 is 8.89. The number of aromatic nitrogens is 2. The third kappa shape index (κ3) is 3.89. The Morgan fingerprint density at radius 3 is 2.57 bits per heavy atom. The molecule has 0 radical (unpaired) electrons. The van der Waals surface area contributed by atoms with Crippen molar-refractivity contribution in [3.8, 4) is 0 Å². The van der Waals surface area contributed by atoms with Gasteiger partial charge in [0.1, 0.15) is 12.3 Å². The quantitative estimate of drug-likeness (QED) is 0.697. The molecular weight excluding hydrogens is 456 g/mol. The smallest absolute Gasteiger partial charge is 0.340 e. The van der Waals surface area contributed by atoms with E-state index < -0.39 is 42.2 Å². The maximum atomic E-state index is 12.9. The molecule has 1 saturated heterocycles. The standard InChI is InChI=1S/C18H16BrClN2O6/c19-6-5-11-8-21(15-7-13(24)14(9-23)28-15)18(27)22(17(11)26)16(25)10-1-3-12(20)4-2-10/h1-6,8,13-15,23-24H,7,9H2/t13?,14-,15-/m0/s1. The van der Waals surface area contributed by atoms with Gasteiger partial charge in [0.15, 0.2) is 0 Å². The number of hydrogen-bond donors (Lipinski definition) is 2. The van der Waals surface area contributed by atoms with Gasteiger partial charge in [-0.05, 0) is 35.3 Å². The van der Waals surface area contributed by atoms with E-state index in [0.717, 1.165) is 4.57 Å². The fraction of sp³-hybridized carbons (Fsp3) is 0.278. The van der Waals surface area contributed by atoms with Gasteiger partial charge in [-0.15, -0.1) is 0 Å². The summed E-state index contributed by atoms with van der Waals surface area (Å²) in [6.07, 6.45) is -0.115. The second-order valence-corrected chi connectivity index (χ2v) is 7.10. The zero-order chi connectivity index (χ0) is 20.4. The second-order valence-electron chi connectivity index (χ2n) is 6.13. The van der Waals surface area contributed by atoms with Crippen LogP contribution in [0.15, 0.2) is 45.0 Å². The Bertz CT molecular complexity index is 1030.